The first kappa shape index (κ1) is 25.0. The number of benzene rings is 1. The number of aryl methyl sites for hydroxylation is 4. The first-order chi connectivity index (χ1) is 15.5. The molecule has 1 heterocycles. The number of hydrogen-bond donors (Lipinski definition) is 2. The average Bonchev–Trinajstić information content (AvgIpc) is 3.18. The van der Waals surface area contributed by atoms with Gasteiger partial charge in [0.2, 0.25) is 5.91 Å². The molecule has 180 valence electrons. The highest BCUT2D eigenvalue weighted by Crippen LogP contribution is 2.44. The first-order valence-electron chi connectivity index (χ1n) is 11.8. The van der Waals surface area contributed by atoms with Crippen LogP contribution in [0.2, 0.25) is 0 Å². The summed E-state index contributed by atoms with van der Waals surface area (Å²) in [6, 6.07) is 4.17. The molecule has 0 bridgehead atoms. The first-order valence-corrected chi connectivity index (χ1v) is 11.8. The standard InChI is InChI=1S/C26H37N3O4/c1-16-12-20(13-17(2)25(16)33-11-7-10-27-15-23(31)32)8-9-22(30)29-21-14-18(3)26(5,6)24(21)19(4)28-29/h12-13,18,27H,7-11,14-15H2,1-6H3,(H,31,32). The summed E-state index contributed by atoms with van der Waals surface area (Å²) in [7, 11) is 0. The summed E-state index contributed by atoms with van der Waals surface area (Å²) in [5.74, 6) is 0.546. The topological polar surface area (TPSA) is 93.5 Å². The molecule has 1 aromatic heterocycles. The Morgan fingerprint density at radius 2 is 1.91 bits per heavy atom. The van der Waals surface area contributed by atoms with Gasteiger partial charge in [0, 0.05) is 12.0 Å². The molecule has 33 heavy (non-hydrogen) atoms. The van der Waals surface area contributed by atoms with Crippen molar-refractivity contribution in [3.63, 3.8) is 0 Å². The minimum absolute atomic E-state index is 0.0385. The predicted octanol–water partition coefficient (Wildman–Crippen LogP) is 3.99. The Bertz CT molecular complexity index is 1020. The number of carbonyl (C=O) groups excluding carboxylic acids is 1. The van der Waals surface area contributed by atoms with Gasteiger partial charge in [-0.15, -0.1) is 0 Å². The third-order valence-electron chi connectivity index (χ3n) is 6.94. The predicted molar refractivity (Wildman–Crippen MR) is 128 cm³/mol. The van der Waals surface area contributed by atoms with Gasteiger partial charge in [0.1, 0.15) is 5.75 Å². The van der Waals surface area contributed by atoms with Crippen molar-refractivity contribution in [2.75, 3.05) is 19.7 Å². The van der Waals surface area contributed by atoms with Crippen molar-refractivity contribution in [1.82, 2.24) is 15.1 Å². The van der Waals surface area contributed by atoms with E-state index in [0.717, 1.165) is 46.7 Å². The largest absolute Gasteiger partial charge is 0.493 e. The molecule has 1 atom stereocenters. The van der Waals surface area contributed by atoms with Gasteiger partial charge in [-0.2, -0.15) is 5.10 Å². The van der Waals surface area contributed by atoms with Gasteiger partial charge < -0.3 is 15.2 Å². The molecule has 1 aliphatic rings. The lowest BCUT2D eigenvalue weighted by molar-refractivity contribution is -0.135. The van der Waals surface area contributed by atoms with Crippen molar-refractivity contribution in [2.24, 2.45) is 5.92 Å². The molecule has 2 N–H and O–H groups in total. The fourth-order valence-corrected chi connectivity index (χ4v) is 4.94. The summed E-state index contributed by atoms with van der Waals surface area (Å²) in [4.78, 5) is 23.6. The Kier molecular flexibility index (Phi) is 7.62. The molecule has 7 heteroatoms. The highest BCUT2D eigenvalue weighted by Gasteiger charge is 2.41. The zero-order chi connectivity index (χ0) is 24.3. The maximum atomic E-state index is 13.0. The summed E-state index contributed by atoms with van der Waals surface area (Å²) >= 11 is 0. The van der Waals surface area contributed by atoms with Crippen LogP contribution in [0.15, 0.2) is 12.1 Å². The van der Waals surface area contributed by atoms with Crippen LogP contribution in [0.25, 0.3) is 0 Å². The summed E-state index contributed by atoms with van der Waals surface area (Å²) in [5, 5.41) is 16.1. The van der Waals surface area contributed by atoms with Crippen molar-refractivity contribution < 1.29 is 19.4 Å². The molecule has 0 fully saturated rings. The molecule has 0 spiro atoms. The Labute approximate surface area is 196 Å². The van der Waals surface area contributed by atoms with Gasteiger partial charge >= 0.3 is 5.97 Å². The number of carboxylic acid groups (broad SMARTS) is 1. The van der Waals surface area contributed by atoms with E-state index in [1.807, 2.05) is 20.8 Å². The Morgan fingerprint density at radius 3 is 2.55 bits per heavy atom. The Balaban J connectivity index is 1.59. The zero-order valence-corrected chi connectivity index (χ0v) is 20.7. The van der Waals surface area contributed by atoms with Crippen molar-refractivity contribution in [1.29, 1.82) is 0 Å². The lowest BCUT2D eigenvalue weighted by Gasteiger charge is -2.24. The molecule has 0 saturated carbocycles. The van der Waals surface area contributed by atoms with Crippen molar-refractivity contribution >= 4 is 11.9 Å². The summed E-state index contributed by atoms with van der Waals surface area (Å²) < 4.78 is 7.60. The average molecular weight is 456 g/mol. The summed E-state index contributed by atoms with van der Waals surface area (Å²) in [5.41, 5.74) is 6.55. The normalized spacial score (nSPS) is 16.6. The third-order valence-corrected chi connectivity index (χ3v) is 6.94. The molecule has 1 aliphatic carbocycles. The number of aromatic nitrogens is 2. The minimum atomic E-state index is -0.859. The van der Waals surface area contributed by atoms with E-state index in [0.29, 0.717) is 31.9 Å². The smallest absolute Gasteiger partial charge is 0.317 e. The monoisotopic (exact) mass is 455 g/mol. The van der Waals surface area contributed by atoms with Crippen molar-refractivity contribution in [3.05, 3.63) is 45.8 Å². The number of hydrogen-bond acceptors (Lipinski definition) is 5. The second-order valence-corrected chi connectivity index (χ2v) is 9.87. The number of nitrogens with one attached hydrogen (secondary N) is 1. The highest BCUT2D eigenvalue weighted by molar-refractivity contribution is 5.80. The van der Waals surface area contributed by atoms with Gasteiger partial charge in [0.05, 0.1) is 24.5 Å². The highest BCUT2D eigenvalue weighted by atomic mass is 16.5. The molecular formula is C26H37N3O4. The van der Waals surface area contributed by atoms with E-state index in [9.17, 15) is 9.59 Å². The maximum Gasteiger partial charge on any atom is 0.317 e. The van der Waals surface area contributed by atoms with E-state index < -0.39 is 5.97 Å². The lowest BCUT2D eigenvalue weighted by atomic mass is 9.79. The van der Waals surface area contributed by atoms with Crippen LogP contribution < -0.4 is 10.1 Å². The zero-order valence-electron chi connectivity index (χ0n) is 20.7. The van der Waals surface area contributed by atoms with Gasteiger partial charge in [-0.05, 0) is 74.6 Å². The third kappa shape index (κ3) is 5.46. The molecule has 1 aromatic carbocycles. The molecule has 0 saturated heterocycles. The van der Waals surface area contributed by atoms with Gasteiger partial charge in [0.15, 0.2) is 0 Å². The van der Waals surface area contributed by atoms with Crippen LogP contribution in [0, 0.1) is 26.7 Å². The quantitative estimate of drug-likeness (QED) is 0.526. The Morgan fingerprint density at radius 1 is 1.24 bits per heavy atom. The van der Waals surface area contributed by atoms with Crippen LogP contribution in [0.4, 0.5) is 0 Å². The van der Waals surface area contributed by atoms with E-state index >= 15 is 0 Å². The number of nitrogens with zero attached hydrogens (tertiary/aromatic N) is 2. The summed E-state index contributed by atoms with van der Waals surface area (Å²) in [6.07, 6.45) is 2.69. The molecule has 0 amide bonds. The molecular weight excluding hydrogens is 418 g/mol. The van der Waals surface area contributed by atoms with Crippen LogP contribution in [0.5, 0.6) is 5.75 Å². The van der Waals surface area contributed by atoms with E-state index in [2.05, 4.69) is 43.3 Å². The number of rotatable bonds is 10. The lowest BCUT2D eigenvalue weighted by Crippen LogP contribution is -2.24. The van der Waals surface area contributed by atoms with E-state index in [4.69, 9.17) is 9.84 Å². The molecule has 7 nitrogen and oxygen atoms in total. The van der Waals surface area contributed by atoms with Crippen LogP contribution in [0.3, 0.4) is 0 Å². The van der Waals surface area contributed by atoms with E-state index in [1.165, 1.54) is 5.56 Å². The van der Waals surface area contributed by atoms with Gasteiger partial charge in [0.25, 0.3) is 0 Å². The maximum absolute atomic E-state index is 13.0. The Hall–Kier alpha value is -2.67. The van der Waals surface area contributed by atoms with Crippen molar-refractivity contribution in [2.45, 2.75) is 72.6 Å². The molecule has 1 unspecified atom stereocenters. The van der Waals surface area contributed by atoms with Crippen LogP contribution >= 0.6 is 0 Å². The number of fused-ring (bicyclic) bond motifs is 1. The number of ether oxygens (including phenoxy) is 1. The molecule has 0 radical (unpaired) electrons. The van der Waals surface area contributed by atoms with Gasteiger partial charge in [-0.1, -0.05) is 32.9 Å². The fraction of sp³-hybridized carbons (Fsp3) is 0.577. The van der Waals surface area contributed by atoms with Crippen LogP contribution in [-0.2, 0) is 23.1 Å². The van der Waals surface area contributed by atoms with Crippen molar-refractivity contribution in [3.8, 4) is 5.75 Å². The molecule has 2 aromatic rings. The minimum Gasteiger partial charge on any atom is -0.493 e. The van der Waals surface area contributed by atoms with E-state index in [-0.39, 0.29) is 17.9 Å². The molecule has 3 rings (SSSR count). The number of aliphatic carboxylic acids is 1. The van der Waals surface area contributed by atoms with Gasteiger partial charge in [-0.25, -0.2) is 4.68 Å². The van der Waals surface area contributed by atoms with Crippen LogP contribution in [-0.4, -0.2) is 46.5 Å². The van der Waals surface area contributed by atoms with Crippen LogP contribution in [0.1, 0.15) is 72.0 Å². The number of carbonyl (C=O) groups is 2. The second-order valence-electron chi connectivity index (χ2n) is 9.87. The summed E-state index contributed by atoms with van der Waals surface area (Å²) in [6.45, 7) is 13.9. The number of carboxylic acids is 1. The molecule has 0 aliphatic heterocycles. The van der Waals surface area contributed by atoms with E-state index in [1.54, 1.807) is 4.68 Å². The SMILES string of the molecule is Cc1cc(CCC(=O)n2nc(C)c3c2CC(C)C3(C)C)cc(C)c1OCCCNCC(=O)O. The second kappa shape index (κ2) is 10.1. The fourth-order valence-electron chi connectivity index (χ4n) is 4.94. The van der Waals surface area contributed by atoms with Gasteiger partial charge in [-0.3, -0.25) is 9.59 Å².